The van der Waals surface area contributed by atoms with Gasteiger partial charge in [0, 0.05) is 17.8 Å². The zero-order chi connectivity index (χ0) is 17.6. The molecule has 6 heteroatoms. The lowest BCUT2D eigenvalue weighted by atomic mass is 10.1. The highest BCUT2D eigenvalue weighted by Gasteiger charge is 2.33. The lowest BCUT2D eigenvalue weighted by molar-refractivity contribution is 0.0160. The number of benzene rings is 1. The van der Waals surface area contributed by atoms with Gasteiger partial charge in [0.1, 0.15) is 11.9 Å². The van der Waals surface area contributed by atoms with Crippen molar-refractivity contribution in [2.24, 2.45) is 0 Å². The van der Waals surface area contributed by atoms with Crippen LogP contribution < -0.4 is 9.47 Å². The summed E-state index contributed by atoms with van der Waals surface area (Å²) < 4.78 is 11.3. The Hall–Kier alpha value is -2.27. The normalized spacial score (nSPS) is 14.1. The second-order valence-corrected chi connectivity index (χ2v) is 6.43. The Morgan fingerprint density at radius 2 is 2.00 bits per heavy atom. The first-order chi connectivity index (χ1) is 12.2. The summed E-state index contributed by atoms with van der Waals surface area (Å²) in [7, 11) is 0. The van der Waals surface area contributed by atoms with Gasteiger partial charge >= 0.3 is 0 Å². The Kier molecular flexibility index (Phi) is 5.76. The Morgan fingerprint density at radius 1 is 1.24 bits per heavy atom. The van der Waals surface area contributed by atoms with E-state index in [1.807, 2.05) is 12.1 Å². The Labute approximate surface area is 152 Å². The average molecular weight is 361 g/mol. The number of nitrogens with zero attached hydrogens (tertiary/aromatic N) is 2. The average Bonchev–Trinajstić information content (AvgIpc) is 2.60. The van der Waals surface area contributed by atoms with Gasteiger partial charge in [-0.15, -0.1) is 0 Å². The molecule has 25 heavy (non-hydrogen) atoms. The number of aromatic nitrogens is 1. The van der Waals surface area contributed by atoms with E-state index in [-0.39, 0.29) is 12.0 Å². The predicted octanol–water partition coefficient (Wildman–Crippen LogP) is 3.82. The highest BCUT2D eigenvalue weighted by atomic mass is 35.5. The molecule has 0 bridgehead atoms. The van der Waals surface area contributed by atoms with E-state index in [1.165, 1.54) is 0 Å². The van der Waals surface area contributed by atoms with Gasteiger partial charge in [-0.2, -0.15) is 0 Å². The van der Waals surface area contributed by atoms with Crippen LogP contribution in [0.1, 0.15) is 30.1 Å². The molecule has 1 aliphatic heterocycles. The predicted molar refractivity (Wildman–Crippen MR) is 96.4 cm³/mol. The molecule has 1 aliphatic rings. The van der Waals surface area contributed by atoms with Crippen molar-refractivity contribution in [2.75, 3.05) is 19.7 Å². The second kappa shape index (κ2) is 8.21. The molecule has 1 saturated heterocycles. The largest absolute Gasteiger partial charge is 0.494 e. The number of likely N-dealkylation sites (tertiary alicyclic amines) is 1. The molecule has 132 valence electrons. The van der Waals surface area contributed by atoms with Crippen LogP contribution in [0.25, 0.3) is 0 Å². The fourth-order valence-corrected chi connectivity index (χ4v) is 2.60. The molecule has 1 aromatic carbocycles. The van der Waals surface area contributed by atoms with Crippen LogP contribution in [0.5, 0.6) is 11.6 Å². The van der Waals surface area contributed by atoms with E-state index in [9.17, 15) is 4.79 Å². The topological polar surface area (TPSA) is 51.7 Å². The maximum atomic E-state index is 12.4. The van der Waals surface area contributed by atoms with Crippen LogP contribution in [0.3, 0.4) is 0 Å². The molecule has 3 rings (SSSR count). The van der Waals surface area contributed by atoms with Crippen LogP contribution in [0.15, 0.2) is 42.6 Å². The number of unbranched alkanes of at least 4 members (excludes halogenated alkanes) is 1. The maximum absolute atomic E-state index is 12.4. The Morgan fingerprint density at radius 3 is 2.64 bits per heavy atom. The van der Waals surface area contributed by atoms with Crippen molar-refractivity contribution in [2.45, 2.75) is 25.9 Å². The van der Waals surface area contributed by atoms with Crippen molar-refractivity contribution in [3.8, 4) is 11.6 Å². The van der Waals surface area contributed by atoms with E-state index in [0.29, 0.717) is 36.2 Å². The highest BCUT2D eigenvalue weighted by molar-refractivity contribution is 6.30. The minimum Gasteiger partial charge on any atom is -0.494 e. The van der Waals surface area contributed by atoms with Gasteiger partial charge < -0.3 is 14.4 Å². The van der Waals surface area contributed by atoms with Gasteiger partial charge in [-0.25, -0.2) is 4.98 Å². The quantitative estimate of drug-likeness (QED) is 0.704. The minimum absolute atomic E-state index is 0.00373. The maximum Gasteiger partial charge on any atom is 0.254 e. The van der Waals surface area contributed by atoms with Crippen molar-refractivity contribution in [3.05, 3.63) is 53.2 Å². The van der Waals surface area contributed by atoms with E-state index in [2.05, 4.69) is 11.9 Å². The van der Waals surface area contributed by atoms with E-state index < -0.39 is 0 Å². The van der Waals surface area contributed by atoms with Crippen molar-refractivity contribution < 1.29 is 14.3 Å². The van der Waals surface area contributed by atoms with Crippen molar-refractivity contribution in [3.63, 3.8) is 0 Å². The molecule has 0 atom stereocenters. The first-order valence-corrected chi connectivity index (χ1v) is 8.84. The highest BCUT2D eigenvalue weighted by Crippen LogP contribution is 2.21. The molecule has 0 aliphatic carbocycles. The molecule has 0 radical (unpaired) electrons. The number of pyridine rings is 1. The Balaban J connectivity index is 1.47. The number of carbonyl (C=O) groups excluding carboxylic acids is 1. The van der Waals surface area contributed by atoms with Gasteiger partial charge in [-0.05, 0) is 36.8 Å². The third kappa shape index (κ3) is 4.63. The van der Waals surface area contributed by atoms with Gasteiger partial charge in [-0.1, -0.05) is 24.9 Å². The van der Waals surface area contributed by atoms with Crippen molar-refractivity contribution >= 4 is 17.5 Å². The van der Waals surface area contributed by atoms with Gasteiger partial charge in [0.15, 0.2) is 0 Å². The lowest BCUT2D eigenvalue weighted by Gasteiger charge is -2.38. The number of halogens is 1. The fourth-order valence-electron chi connectivity index (χ4n) is 2.49. The van der Waals surface area contributed by atoms with Crippen molar-refractivity contribution in [1.82, 2.24) is 9.88 Å². The molecule has 1 fully saturated rings. The summed E-state index contributed by atoms with van der Waals surface area (Å²) in [6.45, 7) is 3.93. The number of hydrogen-bond acceptors (Lipinski definition) is 4. The Bertz CT molecular complexity index is 698. The molecule has 0 N–H and O–H groups in total. The second-order valence-electron chi connectivity index (χ2n) is 5.99. The fraction of sp³-hybridized carbons (Fsp3) is 0.368. The zero-order valence-corrected chi connectivity index (χ0v) is 14.9. The van der Waals surface area contributed by atoms with E-state index >= 15 is 0 Å². The monoisotopic (exact) mass is 360 g/mol. The minimum atomic E-state index is -0.0331. The molecule has 0 unspecified atom stereocenters. The molecule has 1 aromatic heterocycles. The number of ether oxygens (including phenoxy) is 2. The molecule has 2 heterocycles. The molecule has 5 nitrogen and oxygen atoms in total. The smallest absolute Gasteiger partial charge is 0.254 e. The van der Waals surface area contributed by atoms with Gasteiger partial charge in [0.2, 0.25) is 5.88 Å². The van der Waals surface area contributed by atoms with Crippen LogP contribution in [0.2, 0.25) is 5.02 Å². The summed E-state index contributed by atoms with van der Waals surface area (Å²) in [6.07, 6.45) is 3.63. The summed E-state index contributed by atoms with van der Waals surface area (Å²) >= 11 is 5.80. The molecule has 0 spiro atoms. The SMILES string of the molecule is CCCCOc1ccc(C(=O)N2CC(Oc3ccc(Cl)cn3)C2)cc1. The van der Waals surface area contributed by atoms with Gasteiger partial charge in [0.25, 0.3) is 5.91 Å². The van der Waals surface area contributed by atoms with E-state index in [4.69, 9.17) is 21.1 Å². The number of hydrogen-bond donors (Lipinski definition) is 0. The summed E-state index contributed by atoms with van der Waals surface area (Å²) in [4.78, 5) is 18.3. The van der Waals surface area contributed by atoms with Crippen LogP contribution in [0.4, 0.5) is 0 Å². The van der Waals surface area contributed by atoms with Crippen LogP contribution in [-0.2, 0) is 0 Å². The zero-order valence-electron chi connectivity index (χ0n) is 14.2. The number of carbonyl (C=O) groups is 1. The van der Waals surface area contributed by atoms with Crippen molar-refractivity contribution in [1.29, 1.82) is 0 Å². The summed E-state index contributed by atoms with van der Waals surface area (Å²) in [5.74, 6) is 1.32. The first kappa shape index (κ1) is 17.5. The van der Waals surface area contributed by atoms with Gasteiger partial charge in [-0.3, -0.25) is 4.79 Å². The van der Waals surface area contributed by atoms with E-state index in [1.54, 1.807) is 35.4 Å². The van der Waals surface area contributed by atoms with Crippen LogP contribution in [-0.4, -0.2) is 41.6 Å². The third-order valence-electron chi connectivity index (χ3n) is 3.99. The molecule has 2 aromatic rings. The number of rotatable bonds is 7. The molecular weight excluding hydrogens is 340 g/mol. The van der Waals surface area contributed by atoms with E-state index in [0.717, 1.165) is 18.6 Å². The summed E-state index contributed by atoms with van der Waals surface area (Å²) in [5.41, 5.74) is 0.658. The molecule has 1 amide bonds. The number of amides is 1. The van der Waals surface area contributed by atoms with Gasteiger partial charge in [0.05, 0.1) is 24.7 Å². The third-order valence-corrected chi connectivity index (χ3v) is 4.21. The lowest BCUT2D eigenvalue weighted by Crippen LogP contribution is -2.56. The molecular formula is C19H21ClN2O3. The summed E-state index contributed by atoms with van der Waals surface area (Å²) in [6, 6.07) is 10.7. The summed E-state index contributed by atoms with van der Waals surface area (Å²) in [5, 5.41) is 0.569. The first-order valence-electron chi connectivity index (χ1n) is 8.46. The van der Waals surface area contributed by atoms with Crippen LogP contribution >= 0.6 is 11.6 Å². The standard InChI is InChI=1S/C19H21ClN2O3/c1-2-3-10-24-16-7-4-14(5-8-16)19(23)22-12-17(13-22)25-18-9-6-15(20)11-21-18/h4-9,11,17H,2-3,10,12-13H2,1H3. The van der Waals surface area contributed by atoms with Crippen LogP contribution in [0, 0.1) is 0 Å². The molecule has 0 saturated carbocycles.